The van der Waals surface area contributed by atoms with Crippen molar-refractivity contribution in [3.63, 3.8) is 0 Å². The summed E-state index contributed by atoms with van der Waals surface area (Å²) in [5, 5.41) is 11.6. The standard InChI is InChI=1S/C15H14FN5S2/c1-2-10-12(16)14(18-8-17-10)23-15-20-19-13(11-4-3-7-22-11)21(15)9-5-6-9/h3-4,7-9H,2,5-6H2,1H3. The number of halogens is 1. The molecule has 0 atom stereocenters. The minimum absolute atomic E-state index is 0.309. The maximum Gasteiger partial charge on any atom is 0.198 e. The fourth-order valence-electron chi connectivity index (χ4n) is 2.37. The highest BCUT2D eigenvalue weighted by atomic mass is 32.2. The number of hydrogen-bond donors (Lipinski definition) is 0. The largest absolute Gasteiger partial charge is 0.298 e. The van der Waals surface area contributed by atoms with Crippen molar-refractivity contribution in [2.45, 2.75) is 42.4 Å². The molecule has 0 aliphatic heterocycles. The first-order valence-electron chi connectivity index (χ1n) is 7.44. The van der Waals surface area contributed by atoms with E-state index in [-0.39, 0.29) is 5.82 Å². The molecular formula is C15H14FN5S2. The summed E-state index contributed by atoms with van der Waals surface area (Å²) in [5.74, 6) is 0.498. The molecule has 3 heterocycles. The van der Waals surface area contributed by atoms with Crippen LogP contribution in [0.1, 0.15) is 31.5 Å². The lowest BCUT2D eigenvalue weighted by Crippen LogP contribution is -2.01. The molecule has 0 spiro atoms. The molecule has 0 N–H and O–H groups in total. The molecule has 4 rings (SSSR count). The minimum Gasteiger partial charge on any atom is -0.298 e. The third-order valence-electron chi connectivity index (χ3n) is 3.67. The van der Waals surface area contributed by atoms with Crippen molar-refractivity contribution in [1.29, 1.82) is 0 Å². The third-order valence-corrected chi connectivity index (χ3v) is 5.48. The van der Waals surface area contributed by atoms with Gasteiger partial charge < -0.3 is 0 Å². The molecule has 0 radical (unpaired) electrons. The quantitative estimate of drug-likeness (QED) is 0.653. The summed E-state index contributed by atoms with van der Waals surface area (Å²) in [6.07, 6.45) is 4.16. The van der Waals surface area contributed by atoms with E-state index in [2.05, 4.69) is 24.7 Å². The predicted molar refractivity (Wildman–Crippen MR) is 87.1 cm³/mol. The van der Waals surface area contributed by atoms with Crippen LogP contribution < -0.4 is 0 Å². The monoisotopic (exact) mass is 347 g/mol. The first-order valence-corrected chi connectivity index (χ1v) is 9.13. The first-order chi connectivity index (χ1) is 11.3. The Hall–Kier alpha value is -1.80. The maximum absolute atomic E-state index is 14.4. The van der Waals surface area contributed by atoms with E-state index in [1.54, 1.807) is 11.3 Å². The van der Waals surface area contributed by atoms with Crippen molar-refractivity contribution in [2.75, 3.05) is 0 Å². The predicted octanol–water partition coefficient (Wildman–Crippen LogP) is 3.98. The van der Waals surface area contributed by atoms with Crippen molar-refractivity contribution >= 4 is 23.1 Å². The van der Waals surface area contributed by atoms with Gasteiger partial charge >= 0.3 is 0 Å². The number of nitrogens with zero attached hydrogens (tertiary/aromatic N) is 5. The number of aryl methyl sites for hydroxylation is 1. The van der Waals surface area contributed by atoms with Gasteiger partial charge in [0.1, 0.15) is 11.4 Å². The van der Waals surface area contributed by atoms with Gasteiger partial charge in [-0.25, -0.2) is 14.4 Å². The van der Waals surface area contributed by atoms with E-state index in [1.807, 2.05) is 24.4 Å². The summed E-state index contributed by atoms with van der Waals surface area (Å²) >= 11 is 2.86. The van der Waals surface area contributed by atoms with Crippen LogP contribution in [0.4, 0.5) is 4.39 Å². The van der Waals surface area contributed by atoms with E-state index < -0.39 is 0 Å². The fourth-order valence-corrected chi connectivity index (χ4v) is 3.98. The van der Waals surface area contributed by atoms with Gasteiger partial charge in [0.25, 0.3) is 0 Å². The van der Waals surface area contributed by atoms with Gasteiger partial charge in [-0.2, -0.15) is 0 Å². The Kier molecular flexibility index (Phi) is 3.86. The highest BCUT2D eigenvalue weighted by Gasteiger charge is 2.31. The Morgan fingerprint density at radius 1 is 1.35 bits per heavy atom. The van der Waals surface area contributed by atoms with Crippen LogP contribution in [0.15, 0.2) is 34.0 Å². The molecule has 23 heavy (non-hydrogen) atoms. The van der Waals surface area contributed by atoms with Gasteiger partial charge in [0.05, 0.1) is 10.6 Å². The van der Waals surface area contributed by atoms with Crippen molar-refractivity contribution in [2.24, 2.45) is 0 Å². The van der Waals surface area contributed by atoms with E-state index in [0.29, 0.717) is 28.3 Å². The summed E-state index contributed by atoms with van der Waals surface area (Å²) < 4.78 is 16.5. The number of hydrogen-bond acceptors (Lipinski definition) is 6. The summed E-state index contributed by atoms with van der Waals surface area (Å²) in [6.45, 7) is 1.88. The fraction of sp³-hybridized carbons (Fsp3) is 0.333. The van der Waals surface area contributed by atoms with Crippen LogP contribution >= 0.6 is 23.1 Å². The minimum atomic E-state index is -0.358. The summed E-state index contributed by atoms with van der Waals surface area (Å²) in [7, 11) is 0. The first kappa shape index (κ1) is 14.8. The van der Waals surface area contributed by atoms with Crippen LogP contribution in [-0.2, 0) is 6.42 Å². The van der Waals surface area contributed by atoms with Crippen molar-refractivity contribution in [3.05, 3.63) is 35.4 Å². The van der Waals surface area contributed by atoms with Crippen molar-refractivity contribution < 1.29 is 4.39 Å². The Balaban J connectivity index is 1.73. The molecule has 5 nitrogen and oxygen atoms in total. The Labute approximate surface area is 141 Å². The Bertz CT molecular complexity index is 827. The lowest BCUT2D eigenvalue weighted by molar-refractivity contribution is 0.558. The smallest absolute Gasteiger partial charge is 0.198 e. The molecule has 0 amide bonds. The summed E-state index contributed by atoms with van der Waals surface area (Å²) in [4.78, 5) is 9.12. The van der Waals surface area contributed by atoms with Gasteiger partial charge in [-0.3, -0.25) is 4.57 Å². The van der Waals surface area contributed by atoms with E-state index in [4.69, 9.17) is 0 Å². The average molecular weight is 347 g/mol. The topological polar surface area (TPSA) is 56.5 Å². The number of thiophene rings is 1. The Morgan fingerprint density at radius 2 is 2.22 bits per heavy atom. The molecular weight excluding hydrogens is 333 g/mol. The van der Waals surface area contributed by atoms with E-state index in [9.17, 15) is 4.39 Å². The zero-order valence-corrected chi connectivity index (χ0v) is 14.1. The highest BCUT2D eigenvalue weighted by Crippen LogP contribution is 2.43. The molecule has 1 aliphatic carbocycles. The van der Waals surface area contributed by atoms with Crippen LogP contribution in [0, 0.1) is 5.82 Å². The van der Waals surface area contributed by atoms with Gasteiger partial charge in [-0.15, -0.1) is 21.5 Å². The number of aromatic nitrogens is 5. The second-order valence-electron chi connectivity index (χ2n) is 5.28. The third kappa shape index (κ3) is 2.76. The lowest BCUT2D eigenvalue weighted by Gasteiger charge is -2.08. The Morgan fingerprint density at radius 3 is 2.91 bits per heavy atom. The average Bonchev–Trinajstić information content (AvgIpc) is 3.09. The van der Waals surface area contributed by atoms with E-state index in [1.165, 1.54) is 18.1 Å². The number of rotatable bonds is 5. The molecule has 0 saturated heterocycles. The molecule has 1 aliphatic rings. The van der Waals surface area contributed by atoms with Crippen LogP contribution in [0.2, 0.25) is 0 Å². The van der Waals surface area contributed by atoms with Crippen molar-refractivity contribution in [1.82, 2.24) is 24.7 Å². The molecule has 8 heteroatoms. The van der Waals surface area contributed by atoms with Gasteiger partial charge in [0.15, 0.2) is 16.8 Å². The molecule has 1 saturated carbocycles. The lowest BCUT2D eigenvalue weighted by atomic mass is 10.3. The van der Waals surface area contributed by atoms with E-state index in [0.717, 1.165) is 23.5 Å². The molecule has 1 fully saturated rings. The SMILES string of the molecule is CCc1ncnc(Sc2nnc(-c3cccs3)n2C2CC2)c1F. The zero-order chi connectivity index (χ0) is 15.8. The summed E-state index contributed by atoms with van der Waals surface area (Å²) in [6, 6.07) is 4.43. The highest BCUT2D eigenvalue weighted by molar-refractivity contribution is 7.99. The van der Waals surface area contributed by atoms with Crippen LogP contribution in [0.3, 0.4) is 0 Å². The zero-order valence-electron chi connectivity index (χ0n) is 12.4. The van der Waals surface area contributed by atoms with Gasteiger partial charge in [0, 0.05) is 6.04 Å². The van der Waals surface area contributed by atoms with E-state index >= 15 is 0 Å². The summed E-state index contributed by atoms with van der Waals surface area (Å²) in [5.41, 5.74) is 0.429. The molecule has 0 bridgehead atoms. The molecule has 0 unspecified atom stereocenters. The van der Waals surface area contributed by atoms with Gasteiger partial charge in [0.2, 0.25) is 0 Å². The van der Waals surface area contributed by atoms with Crippen LogP contribution in [0.5, 0.6) is 0 Å². The molecule has 118 valence electrons. The normalized spacial score (nSPS) is 14.3. The van der Waals surface area contributed by atoms with Gasteiger partial charge in [-0.05, 0) is 42.5 Å². The maximum atomic E-state index is 14.4. The molecule has 3 aromatic heterocycles. The molecule has 0 aromatic carbocycles. The molecule has 3 aromatic rings. The van der Waals surface area contributed by atoms with Crippen LogP contribution in [-0.4, -0.2) is 24.7 Å². The van der Waals surface area contributed by atoms with Gasteiger partial charge in [-0.1, -0.05) is 13.0 Å². The second-order valence-corrected chi connectivity index (χ2v) is 7.18. The second kappa shape index (κ2) is 6.01. The van der Waals surface area contributed by atoms with Crippen molar-refractivity contribution in [3.8, 4) is 10.7 Å². The van der Waals surface area contributed by atoms with Crippen LogP contribution in [0.25, 0.3) is 10.7 Å².